The van der Waals surface area contributed by atoms with Crippen molar-refractivity contribution in [2.24, 2.45) is 0 Å². The Kier molecular flexibility index (Phi) is 3.76. The van der Waals surface area contributed by atoms with Gasteiger partial charge in [-0.3, -0.25) is 0 Å². The summed E-state index contributed by atoms with van der Waals surface area (Å²) in [5.74, 6) is 0. The molecule has 1 rings (SSSR count). The molecule has 0 fully saturated rings. The SMILES string of the molecule is COC(=O)NC(C)Cc1ccsc1. The molecule has 0 spiro atoms. The molecule has 0 saturated carbocycles. The molecule has 0 aliphatic carbocycles. The van der Waals surface area contributed by atoms with E-state index in [2.05, 4.69) is 21.5 Å². The summed E-state index contributed by atoms with van der Waals surface area (Å²) in [5.41, 5.74) is 1.24. The highest BCUT2D eigenvalue weighted by molar-refractivity contribution is 7.07. The average Bonchev–Trinajstić information content (AvgIpc) is 2.56. The van der Waals surface area contributed by atoms with E-state index in [1.165, 1.54) is 12.7 Å². The third-order valence-electron chi connectivity index (χ3n) is 1.67. The number of methoxy groups -OCH3 is 1. The van der Waals surface area contributed by atoms with Crippen molar-refractivity contribution in [1.29, 1.82) is 0 Å². The summed E-state index contributed by atoms with van der Waals surface area (Å²) in [6.07, 6.45) is 0.473. The molecule has 1 unspecified atom stereocenters. The zero-order valence-corrected chi connectivity index (χ0v) is 8.56. The molecule has 1 N–H and O–H groups in total. The highest BCUT2D eigenvalue weighted by Gasteiger charge is 2.07. The number of ether oxygens (including phenoxy) is 1. The fourth-order valence-electron chi connectivity index (χ4n) is 1.07. The number of hydrogen-bond acceptors (Lipinski definition) is 3. The van der Waals surface area contributed by atoms with E-state index in [1.54, 1.807) is 11.3 Å². The standard InChI is InChI=1S/C9H13NO2S/c1-7(10-9(11)12-2)5-8-3-4-13-6-8/h3-4,6-7H,5H2,1-2H3,(H,10,11). The predicted molar refractivity (Wildman–Crippen MR) is 53.0 cm³/mol. The van der Waals surface area contributed by atoms with Gasteiger partial charge in [-0.1, -0.05) is 0 Å². The second kappa shape index (κ2) is 4.87. The van der Waals surface area contributed by atoms with Gasteiger partial charge in [-0.05, 0) is 35.7 Å². The van der Waals surface area contributed by atoms with Gasteiger partial charge in [0, 0.05) is 6.04 Å². The number of rotatable bonds is 3. The molecule has 1 atom stereocenters. The first-order chi connectivity index (χ1) is 6.22. The maximum atomic E-state index is 10.8. The van der Waals surface area contributed by atoms with Crippen LogP contribution in [-0.2, 0) is 11.2 Å². The van der Waals surface area contributed by atoms with Crippen molar-refractivity contribution in [3.8, 4) is 0 Å². The highest BCUT2D eigenvalue weighted by atomic mass is 32.1. The van der Waals surface area contributed by atoms with Crippen molar-refractivity contribution in [1.82, 2.24) is 5.32 Å². The van der Waals surface area contributed by atoms with Gasteiger partial charge in [0.05, 0.1) is 7.11 Å². The van der Waals surface area contributed by atoms with Gasteiger partial charge in [0.1, 0.15) is 0 Å². The van der Waals surface area contributed by atoms with Crippen LogP contribution in [0.2, 0.25) is 0 Å². The number of hydrogen-bond donors (Lipinski definition) is 1. The van der Waals surface area contributed by atoms with Crippen LogP contribution >= 0.6 is 11.3 Å². The van der Waals surface area contributed by atoms with E-state index in [0.717, 1.165) is 6.42 Å². The van der Waals surface area contributed by atoms with Crippen molar-refractivity contribution in [3.05, 3.63) is 22.4 Å². The van der Waals surface area contributed by atoms with Gasteiger partial charge in [0.25, 0.3) is 0 Å². The lowest BCUT2D eigenvalue weighted by atomic mass is 10.1. The smallest absolute Gasteiger partial charge is 0.407 e. The first-order valence-electron chi connectivity index (χ1n) is 4.08. The minimum atomic E-state index is -0.372. The summed E-state index contributed by atoms with van der Waals surface area (Å²) in [7, 11) is 1.37. The molecule has 0 saturated heterocycles. The van der Waals surface area contributed by atoms with Crippen LogP contribution in [0.25, 0.3) is 0 Å². The van der Waals surface area contributed by atoms with Crippen molar-refractivity contribution in [2.45, 2.75) is 19.4 Å². The third-order valence-corrected chi connectivity index (χ3v) is 2.40. The van der Waals surface area contributed by atoms with Gasteiger partial charge in [-0.15, -0.1) is 0 Å². The van der Waals surface area contributed by atoms with Crippen LogP contribution in [0.15, 0.2) is 16.8 Å². The Morgan fingerprint density at radius 1 is 1.77 bits per heavy atom. The Hall–Kier alpha value is -1.03. The fraction of sp³-hybridized carbons (Fsp3) is 0.444. The summed E-state index contributed by atoms with van der Waals surface area (Å²) < 4.78 is 4.49. The van der Waals surface area contributed by atoms with Crippen molar-refractivity contribution >= 4 is 17.4 Å². The lowest BCUT2D eigenvalue weighted by Gasteiger charge is -2.11. The minimum Gasteiger partial charge on any atom is -0.453 e. The Morgan fingerprint density at radius 3 is 3.08 bits per heavy atom. The first-order valence-corrected chi connectivity index (χ1v) is 5.02. The molecule has 1 aromatic rings. The number of thiophene rings is 1. The van der Waals surface area contributed by atoms with E-state index in [4.69, 9.17) is 0 Å². The maximum Gasteiger partial charge on any atom is 0.407 e. The van der Waals surface area contributed by atoms with Crippen LogP contribution in [0.1, 0.15) is 12.5 Å². The summed E-state index contributed by atoms with van der Waals surface area (Å²) in [6.45, 7) is 1.95. The van der Waals surface area contributed by atoms with Gasteiger partial charge in [-0.25, -0.2) is 4.79 Å². The fourth-order valence-corrected chi connectivity index (χ4v) is 1.76. The Morgan fingerprint density at radius 2 is 2.54 bits per heavy atom. The second-order valence-corrected chi connectivity index (χ2v) is 3.65. The second-order valence-electron chi connectivity index (χ2n) is 2.87. The third kappa shape index (κ3) is 3.46. The molecule has 72 valence electrons. The largest absolute Gasteiger partial charge is 0.453 e. The highest BCUT2D eigenvalue weighted by Crippen LogP contribution is 2.08. The van der Waals surface area contributed by atoms with Crippen molar-refractivity contribution < 1.29 is 9.53 Å². The quantitative estimate of drug-likeness (QED) is 0.809. The van der Waals surface area contributed by atoms with Crippen LogP contribution in [-0.4, -0.2) is 19.2 Å². The van der Waals surface area contributed by atoms with Gasteiger partial charge < -0.3 is 10.1 Å². The Labute approximate surface area is 81.7 Å². The molecule has 0 bridgehead atoms. The number of nitrogens with one attached hydrogen (secondary N) is 1. The van der Waals surface area contributed by atoms with Crippen LogP contribution < -0.4 is 5.32 Å². The summed E-state index contributed by atoms with van der Waals surface area (Å²) >= 11 is 1.66. The molecule has 0 aliphatic heterocycles. The zero-order valence-electron chi connectivity index (χ0n) is 7.74. The minimum absolute atomic E-state index is 0.113. The van der Waals surface area contributed by atoms with Crippen LogP contribution in [0.4, 0.5) is 4.79 Å². The molecule has 1 heterocycles. The average molecular weight is 199 g/mol. The maximum absolute atomic E-state index is 10.8. The van der Waals surface area contributed by atoms with Gasteiger partial charge >= 0.3 is 6.09 Å². The molecule has 13 heavy (non-hydrogen) atoms. The first kappa shape index (κ1) is 10.1. The number of alkyl carbamates (subject to hydrolysis) is 1. The van der Waals surface area contributed by atoms with E-state index >= 15 is 0 Å². The molecule has 0 aliphatic rings. The van der Waals surface area contributed by atoms with Crippen LogP contribution in [0.5, 0.6) is 0 Å². The molecule has 1 aromatic heterocycles. The molecule has 0 aromatic carbocycles. The van der Waals surface area contributed by atoms with Crippen molar-refractivity contribution in [2.75, 3.05) is 7.11 Å². The molecule has 1 amide bonds. The normalized spacial score (nSPS) is 12.2. The zero-order chi connectivity index (χ0) is 9.68. The van der Waals surface area contributed by atoms with Crippen LogP contribution in [0, 0.1) is 0 Å². The van der Waals surface area contributed by atoms with Crippen molar-refractivity contribution in [3.63, 3.8) is 0 Å². The molecule has 0 radical (unpaired) electrons. The van der Waals surface area contributed by atoms with E-state index in [-0.39, 0.29) is 12.1 Å². The molecular formula is C9H13NO2S. The van der Waals surface area contributed by atoms with Gasteiger partial charge in [0.15, 0.2) is 0 Å². The van der Waals surface area contributed by atoms with E-state index in [0.29, 0.717) is 0 Å². The topological polar surface area (TPSA) is 38.3 Å². The summed E-state index contributed by atoms with van der Waals surface area (Å²) in [4.78, 5) is 10.8. The lowest BCUT2D eigenvalue weighted by Crippen LogP contribution is -2.33. The molecule has 4 heteroatoms. The van der Waals surface area contributed by atoms with E-state index in [1.807, 2.05) is 12.3 Å². The monoisotopic (exact) mass is 199 g/mol. The number of carbonyl (C=O) groups excluding carboxylic acids is 1. The Bertz CT molecular complexity index is 259. The lowest BCUT2D eigenvalue weighted by molar-refractivity contribution is 0.167. The van der Waals surface area contributed by atoms with E-state index < -0.39 is 0 Å². The number of carbonyl (C=O) groups is 1. The summed E-state index contributed by atoms with van der Waals surface area (Å²) in [6, 6.07) is 2.17. The van der Waals surface area contributed by atoms with Gasteiger partial charge in [0.2, 0.25) is 0 Å². The van der Waals surface area contributed by atoms with E-state index in [9.17, 15) is 4.79 Å². The Balaban J connectivity index is 2.33. The molecular weight excluding hydrogens is 186 g/mol. The number of amides is 1. The molecule has 3 nitrogen and oxygen atoms in total. The van der Waals surface area contributed by atoms with Gasteiger partial charge in [-0.2, -0.15) is 11.3 Å². The predicted octanol–water partition coefficient (Wildman–Crippen LogP) is 2.04. The summed E-state index contributed by atoms with van der Waals surface area (Å²) in [5, 5.41) is 6.82. The van der Waals surface area contributed by atoms with Crippen LogP contribution in [0.3, 0.4) is 0 Å².